The Morgan fingerprint density at radius 3 is 3.00 bits per heavy atom. The average Bonchev–Trinajstić information content (AvgIpc) is 2.46. The van der Waals surface area contributed by atoms with Gasteiger partial charge in [0.15, 0.2) is 0 Å². The van der Waals surface area contributed by atoms with Crippen LogP contribution in [0.25, 0.3) is 6.08 Å². The zero-order chi connectivity index (χ0) is 13.7. The van der Waals surface area contributed by atoms with Crippen molar-refractivity contribution in [2.45, 2.75) is 6.42 Å². The lowest BCUT2D eigenvalue weighted by atomic mass is 10.1. The van der Waals surface area contributed by atoms with Crippen molar-refractivity contribution in [1.82, 2.24) is 4.90 Å². The van der Waals surface area contributed by atoms with Crippen LogP contribution in [0.15, 0.2) is 29.8 Å². The van der Waals surface area contributed by atoms with Crippen LogP contribution in [0.5, 0.6) is 5.75 Å². The Hall–Kier alpha value is -1.81. The molecule has 1 aromatic carbocycles. The Bertz CT molecular complexity index is 482. The van der Waals surface area contributed by atoms with Crippen molar-refractivity contribution in [3.63, 3.8) is 0 Å². The average molecular weight is 261 g/mol. The standard InChI is InChI=1S/C15H19NO3/c1-16(8-5-9-18-2)15(17)13-10-12-6-3-4-7-14(12)19-11-13/h3-4,6-7,10H,5,8-9,11H2,1-2H3. The Morgan fingerprint density at radius 1 is 1.42 bits per heavy atom. The van der Waals surface area contributed by atoms with E-state index in [0.29, 0.717) is 25.3 Å². The summed E-state index contributed by atoms with van der Waals surface area (Å²) in [4.78, 5) is 13.9. The van der Waals surface area contributed by atoms with Crippen LogP contribution in [-0.2, 0) is 9.53 Å². The lowest BCUT2D eigenvalue weighted by Gasteiger charge is -2.22. The van der Waals surface area contributed by atoms with E-state index in [-0.39, 0.29) is 5.91 Å². The minimum Gasteiger partial charge on any atom is -0.488 e. The normalized spacial score (nSPS) is 13.3. The van der Waals surface area contributed by atoms with Crippen LogP contribution >= 0.6 is 0 Å². The van der Waals surface area contributed by atoms with Crippen molar-refractivity contribution in [1.29, 1.82) is 0 Å². The van der Waals surface area contributed by atoms with Gasteiger partial charge in [0.25, 0.3) is 5.91 Å². The van der Waals surface area contributed by atoms with Crippen LogP contribution < -0.4 is 4.74 Å². The number of fused-ring (bicyclic) bond motifs is 1. The van der Waals surface area contributed by atoms with E-state index in [1.807, 2.05) is 30.3 Å². The van der Waals surface area contributed by atoms with Crippen LogP contribution in [-0.4, -0.2) is 44.7 Å². The number of likely N-dealkylation sites (N-methyl/N-ethyl adjacent to an activating group) is 1. The first-order valence-corrected chi connectivity index (χ1v) is 6.39. The third-order valence-electron chi connectivity index (χ3n) is 3.10. The Kier molecular flexibility index (Phi) is 4.58. The summed E-state index contributed by atoms with van der Waals surface area (Å²) < 4.78 is 10.6. The van der Waals surface area contributed by atoms with Gasteiger partial charge in [-0.3, -0.25) is 4.79 Å². The monoisotopic (exact) mass is 261 g/mol. The summed E-state index contributed by atoms with van der Waals surface area (Å²) in [5.74, 6) is 0.853. The molecule has 2 rings (SSSR count). The molecule has 1 aliphatic rings. The minimum atomic E-state index is 0.0191. The quantitative estimate of drug-likeness (QED) is 0.761. The summed E-state index contributed by atoms with van der Waals surface area (Å²) >= 11 is 0. The molecule has 1 aromatic rings. The maximum absolute atomic E-state index is 12.2. The fourth-order valence-electron chi connectivity index (χ4n) is 2.03. The van der Waals surface area contributed by atoms with Gasteiger partial charge in [-0.2, -0.15) is 0 Å². The van der Waals surface area contributed by atoms with Gasteiger partial charge >= 0.3 is 0 Å². The molecule has 1 heterocycles. The predicted octanol–water partition coefficient (Wildman–Crippen LogP) is 1.96. The lowest BCUT2D eigenvalue weighted by Crippen LogP contribution is -2.32. The summed E-state index contributed by atoms with van der Waals surface area (Å²) in [7, 11) is 3.47. The molecule has 0 aromatic heterocycles. The van der Waals surface area contributed by atoms with E-state index in [0.717, 1.165) is 17.7 Å². The lowest BCUT2D eigenvalue weighted by molar-refractivity contribution is -0.126. The second kappa shape index (κ2) is 6.38. The number of carbonyl (C=O) groups excluding carboxylic acids is 1. The fourth-order valence-corrected chi connectivity index (χ4v) is 2.03. The van der Waals surface area contributed by atoms with Gasteiger partial charge in [-0.15, -0.1) is 0 Å². The second-order valence-electron chi connectivity index (χ2n) is 4.57. The molecule has 0 unspecified atom stereocenters. The molecule has 4 heteroatoms. The van der Waals surface area contributed by atoms with E-state index in [9.17, 15) is 4.79 Å². The number of amides is 1. The molecular weight excluding hydrogens is 242 g/mol. The van der Waals surface area contributed by atoms with Gasteiger partial charge in [0, 0.05) is 32.9 Å². The van der Waals surface area contributed by atoms with Gasteiger partial charge in [-0.1, -0.05) is 18.2 Å². The molecule has 0 atom stereocenters. The smallest absolute Gasteiger partial charge is 0.252 e. The molecule has 0 saturated carbocycles. The van der Waals surface area contributed by atoms with Crippen molar-refractivity contribution < 1.29 is 14.3 Å². The summed E-state index contributed by atoms with van der Waals surface area (Å²) in [6.07, 6.45) is 2.75. The largest absolute Gasteiger partial charge is 0.488 e. The van der Waals surface area contributed by atoms with E-state index in [1.165, 1.54) is 0 Å². The van der Waals surface area contributed by atoms with Crippen molar-refractivity contribution in [2.75, 3.05) is 33.9 Å². The zero-order valence-electron chi connectivity index (χ0n) is 11.4. The maximum atomic E-state index is 12.2. The van der Waals surface area contributed by atoms with Gasteiger partial charge in [-0.05, 0) is 18.6 Å². The van der Waals surface area contributed by atoms with Gasteiger partial charge in [0.1, 0.15) is 12.4 Å². The molecule has 1 aliphatic heterocycles. The Labute approximate surface area is 113 Å². The molecule has 0 bridgehead atoms. The van der Waals surface area contributed by atoms with Crippen LogP contribution in [0.4, 0.5) is 0 Å². The molecule has 4 nitrogen and oxygen atoms in total. The van der Waals surface area contributed by atoms with E-state index < -0.39 is 0 Å². The van der Waals surface area contributed by atoms with E-state index >= 15 is 0 Å². The summed E-state index contributed by atoms with van der Waals surface area (Å²) in [5, 5.41) is 0. The van der Waals surface area contributed by atoms with Crippen molar-refractivity contribution in [3.05, 3.63) is 35.4 Å². The first kappa shape index (κ1) is 13.6. The van der Waals surface area contributed by atoms with Gasteiger partial charge in [-0.25, -0.2) is 0 Å². The van der Waals surface area contributed by atoms with Crippen LogP contribution in [0.3, 0.4) is 0 Å². The van der Waals surface area contributed by atoms with Crippen LogP contribution in [0, 0.1) is 0 Å². The van der Waals surface area contributed by atoms with Crippen molar-refractivity contribution >= 4 is 12.0 Å². The van der Waals surface area contributed by atoms with Crippen LogP contribution in [0.1, 0.15) is 12.0 Å². The Balaban J connectivity index is 2.02. The zero-order valence-corrected chi connectivity index (χ0v) is 11.4. The SMILES string of the molecule is COCCCN(C)C(=O)C1=Cc2ccccc2OC1. The molecular formula is C15H19NO3. The molecule has 0 radical (unpaired) electrons. The summed E-state index contributed by atoms with van der Waals surface area (Å²) in [6, 6.07) is 7.73. The number of methoxy groups -OCH3 is 1. The minimum absolute atomic E-state index is 0.0191. The number of hydrogen-bond donors (Lipinski definition) is 0. The third-order valence-corrected chi connectivity index (χ3v) is 3.10. The Morgan fingerprint density at radius 2 is 2.21 bits per heavy atom. The highest BCUT2D eigenvalue weighted by molar-refractivity contribution is 5.99. The third kappa shape index (κ3) is 3.35. The van der Waals surface area contributed by atoms with E-state index in [4.69, 9.17) is 9.47 Å². The number of nitrogens with zero attached hydrogens (tertiary/aromatic N) is 1. The number of carbonyl (C=O) groups is 1. The number of para-hydroxylation sites is 1. The van der Waals surface area contributed by atoms with Gasteiger partial charge in [0.05, 0.1) is 5.57 Å². The molecule has 0 fully saturated rings. The number of ether oxygens (including phenoxy) is 2. The van der Waals surface area contributed by atoms with Gasteiger partial charge in [0.2, 0.25) is 0 Å². The van der Waals surface area contributed by atoms with Crippen molar-refractivity contribution in [2.24, 2.45) is 0 Å². The molecule has 0 spiro atoms. The molecule has 102 valence electrons. The van der Waals surface area contributed by atoms with Crippen LogP contribution in [0.2, 0.25) is 0 Å². The maximum Gasteiger partial charge on any atom is 0.252 e. The molecule has 19 heavy (non-hydrogen) atoms. The molecule has 0 aliphatic carbocycles. The number of hydrogen-bond acceptors (Lipinski definition) is 3. The molecule has 1 amide bonds. The second-order valence-corrected chi connectivity index (χ2v) is 4.57. The van der Waals surface area contributed by atoms with Gasteiger partial charge < -0.3 is 14.4 Å². The van der Waals surface area contributed by atoms with E-state index in [1.54, 1.807) is 19.1 Å². The first-order valence-electron chi connectivity index (χ1n) is 6.39. The molecule has 0 N–H and O–H groups in total. The van der Waals surface area contributed by atoms with E-state index in [2.05, 4.69) is 0 Å². The number of benzene rings is 1. The number of rotatable bonds is 5. The first-order chi connectivity index (χ1) is 9.22. The highest BCUT2D eigenvalue weighted by Crippen LogP contribution is 2.26. The summed E-state index contributed by atoms with van der Waals surface area (Å²) in [5.41, 5.74) is 1.65. The predicted molar refractivity (Wildman–Crippen MR) is 74.0 cm³/mol. The fraction of sp³-hybridized carbons (Fsp3) is 0.400. The summed E-state index contributed by atoms with van der Waals surface area (Å²) in [6.45, 7) is 1.69. The molecule has 0 saturated heterocycles. The van der Waals surface area contributed by atoms with Crippen molar-refractivity contribution in [3.8, 4) is 5.75 Å². The topological polar surface area (TPSA) is 38.8 Å². The highest BCUT2D eigenvalue weighted by atomic mass is 16.5. The highest BCUT2D eigenvalue weighted by Gasteiger charge is 2.19.